The van der Waals surface area contributed by atoms with Crippen LogP contribution in [-0.2, 0) is 11.3 Å². The standard InChI is InChI=1S/C11H11N3O4/c1-7-4-9(15)8(11(17)18)5-14(7)6-10(16)13-3-2-12/h4-5H,3,6H2,1H3,(H,13,16)(H,17,18). The predicted octanol–water partition coefficient (Wildman–Crippen LogP) is -0.505. The summed E-state index contributed by atoms with van der Waals surface area (Å²) in [7, 11) is 0. The van der Waals surface area contributed by atoms with Gasteiger partial charge in [-0.15, -0.1) is 0 Å². The fourth-order valence-electron chi connectivity index (χ4n) is 1.35. The zero-order chi connectivity index (χ0) is 13.7. The summed E-state index contributed by atoms with van der Waals surface area (Å²) in [4.78, 5) is 33.5. The van der Waals surface area contributed by atoms with Crippen LogP contribution in [0.15, 0.2) is 17.1 Å². The summed E-state index contributed by atoms with van der Waals surface area (Å²) in [6.07, 6.45) is 1.12. The average molecular weight is 249 g/mol. The van der Waals surface area contributed by atoms with E-state index in [0.717, 1.165) is 12.3 Å². The van der Waals surface area contributed by atoms with Crippen LogP contribution >= 0.6 is 0 Å². The first kappa shape index (κ1) is 13.4. The molecule has 94 valence electrons. The van der Waals surface area contributed by atoms with Gasteiger partial charge in [0, 0.05) is 18.0 Å². The number of carboxylic acids is 1. The number of nitriles is 1. The van der Waals surface area contributed by atoms with Crippen LogP contribution in [0, 0.1) is 18.3 Å². The smallest absolute Gasteiger partial charge is 0.341 e. The largest absolute Gasteiger partial charge is 0.477 e. The number of rotatable bonds is 4. The maximum absolute atomic E-state index is 11.4. The minimum Gasteiger partial charge on any atom is -0.477 e. The van der Waals surface area contributed by atoms with E-state index in [1.165, 1.54) is 4.57 Å². The van der Waals surface area contributed by atoms with Crippen LogP contribution in [0.3, 0.4) is 0 Å². The van der Waals surface area contributed by atoms with Crippen LogP contribution in [0.2, 0.25) is 0 Å². The van der Waals surface area contributed by atoms with Gasteiger partial charge in [0.2, 0.25) is 5.91 Å². The highest BCUT2D eigenvalue weighted by Gasteiger charge is 2.12. The zero-order valence-electron chi connectivity index (χ0n) is 9.64. The summed E-state index contributed by atoms with van der Waals surface area (Å²) in [5.41, 5.74) is -0.528. The van der Waals surface area contributed by atoms with E-state index < -0.39 is 22.9 Å². The minimum atomic E-state index is -1.34. The number of aromatic nitrogens is 1. The van der Waals surface area contributed by atoms with Crippen LogP contribution in [0.4, 0.5) is 0 Å². The van der Waals surface area contributed by atoms with E-state index in [9.17, 15) is 14.4 Å². The van der Waals surface area contributed by atoms with Gasteiger partial charge in [0.15, 0.2) is 5.43 Å². The van der Waals surface area contributed by atoms with E-state index in [1.54, 1.807) is 13.0 Å². The Morgan fingerprint density at radius 3 is 2.78 bits per heavy atom. The molecule has 0 bridgehead atoms. The molecule has 1 aromatic heterocycles. The molecule has 0 unspecified atom stereocenters. The van der Waals surface area contributed by atoms with Crippen molar-refractivity contribution in [3.05, 3.63) is 33.7 Å². The Labute approximate surface area is 102 Å². The Morgan fingerprint density at radius 1 is 1.56 bits per heavy atom. The molecule has 0 atom stereocenters. The minimum absolute atomic E-state index is 0.121. The van der Waals surface area contributed by atoms with Gasteiger partial charge in [0.1, 0.15) is 18.7 Å². The maximum atomic E-state index is 11.4. The third-order valence-corrected chi connectivity index (χ3v) is 2.25. The molecule has 1 aromatic rings. The van der Waals surface area contributed by atoms with Gasteiger partial charge in [-0.3, -0.25) is 9.59 Å². The molecule has 0 saturated carbocycles. The number of aryl methyl sites for hydroxylation is 1. The first-order chi connectivity index (χ1) is 8.45. The fourth-order valence-corrected chi connectivity index (χ4v) is 1.35. The molecule has 7 nitrogen and oxygen atoms in total. The van der Waals surface area contributed by atoms with Crippen LogP contribution in [0.5, 0.6) is 0 Å². The number of amides is 1. The number of hydrogen-bond donors (Lipinski definition) is 2. The SMILES string of the molecule is Cc1cc(=O)c(C(=O)O)cn1CC(=O)NCC#N. The Hall–Kier alpha value is -2.62. The molecule has 0 saturated heterocycles. The monoisotopic (exact) mass is 249 g/mol. The van der Waals surface area contributed by atoms with E-state index in [1.807, 2.05) is 0 Å². The normalized spacial score (nSPS) is 9.56. The molecule has 0 aliphatic rings. The predicted molar refractivity (Wildman–Crippen MR) is 61.0 cm³/mol. The lowest BCUT2D eigenvalue weighted by molar-refractivity contribution is -0.121. The fraction of sp³-hybridized carbons (Fsp3) is 0.273. The molecule has 0 aliphatic carbocycles. The van der Waals surface area contributed by atoms with E-state index in [4.69, 9.17) is 10.4 Å². The molecular weight excluding hydrogens is 238 g/mol. The number of nitrogens with one attached hydrogen (secondary N) is 1. The van der Waals surface area contributed by atoms with Gasteiger partial charge in [0.05, 0.1) is 6.07 Å². The highest BCUT2D eigenvalue weighted by Crippen LogP contribution is 1.99. The molecule has 2 N–H and O–H groups in total. The second-order valence-electron chi connectivity index (χ2n) is 3.56. The van der Waals surface area contributed by atoms with Gasteiger partial charge in [-0.1, -0.05) is 0 Å². The van der Waals surface area contributed by atoms with Gasteiger partial charge < -0.3 is 15.0 Å². The van der Waals surface area contributed by atoms with Crippen LogP contribution in [0.25, 0.3) is 0 Å². The number of carboxylic acid groups (broad SMARTS) is 1. The number of hydrogen-bond acceptors (Lipinski definition) is 4. The lowest BCUT2D eigenvalue weighted by atomic mass is 10.2. The summed E-state index contributed by atoms with van der Waals surface area (Å²) in [5.74, 6) is -1.77. The second-order valence-corrected chi connectivity index (χ2v) is 3.56. The lowest BCUT2D eigenvalue weighted by Crippen LogP contribution is -2.29. The third kappa shape index (κ3) is 3.18. The van der Waals surface area contributed by atoms with E-state index >= 15 is 0 Å². The van der Waals surface area contributed by atoms with E-state index in [0.29, 0.717) is 5.69 Å². The zero-order valence-corrected chi connectivity index (χ0v) is 9.64. The van der Waals surface area contributed by atoms with Crippen molar-refractivity contribution < 1.29 is 14.7 Å². The number of carbonyl (C=O) groups excluding carboxylic acids is 1. The lowest BCUT2D eigenvalue weighted by Gasteiger charge is -2.10. The van der Waals surface area contributed by atoms with Gasteiger partial charge in [0.25, 0.3) is 0 Å². The number of nitrogens with zero attached hydrogens (tertiary/aromatic N) is 2. The molecule has 1 rings (SSSR count). The Morgan fingerprint density at radius 2 is 2.22 bits per heavy atom. The van der Waals surface area contributed by atoms with E-state index in [2.05, 4.69) is 5.32 Å². The summed E-state index contributed by atoms with van der Waals surface area (Å²) in [6, 6.07) is 2.91. The highest BCUT2D eigenvalue weighted by molar-refractivity contribution is 5.87. The van der Waals surface area contributed by atoms with Crippen molar-refractivity contribution in [2.24, 2.45) is 0 Å². The Kier molecular flexibility index (Phi) is 4.21. The first-order valence-electron chi connectivity index (χ1n) is 5.03. The molecule has 0 spiro atoms. The molecule has 1 heterocycles. The second kappa shape index (κ2) is 5.63. The number of carbonyl (C=O) groups is 2. The van der Waals surface area contributed by atoms with Gasteiger partial charge >= 0.3 is 5.97 Å². The van der Waals surface area contributed by atoms with Crippen molar-refractivity contribution >= 4 is 11.9 Å². The molecule has 0 radical (unpaired) electrons. The van der Waals surface area contributed by atoms with Crippen molar-refractivity contribution in [2.45, 2.75) is 13.5 Å². The summed E-state index contributed by atoms with van der Waals surface area (Å²) in [6.45, 7) is 1.32. The number of aromatic carboxylic acids is 1. The highest BCUT2D eigenvalue weighted by atomic mass is 16.4. The molecular formula is C11H11N3O4. The molecule has 1 amide bonds. The van der Waals surface area contributed by atoms with Crippen LogP contribution in [-0.4, -0.2) is 28.1 Å². The third-order valence-electron chi connectivity index (χ3n) is 2.25. The summed E-state index contributed by atoms with van der Waals surface area (Å²) in [5, 5.41) is 19.4. The van der Waals surface area contributed by atoms with Crippen LogP contribution in [0.1, 0.15) is 16.1 Å². The van der Waals surface area contributed by atoms with Crippen molar-refractivity contribution in [3.63, 3.8) is 0 Å². The van der Waals surface area contributed by atoms with Gasteiger partial charge in [-0.25, -0.2) is 4.79 Å². The van der Waals surface area contributed by atoms with Gasteiger partial charge in [-0.2, -0.15) is 5.26 Å². The Bertz CT molecular complexity index is 583. The Balaban J connectivity index is 3.00. The summed E-state index contributed by atoms with van der Waals surface area (Å²) >= 11 is 0. The molecule has 0 aromatic carbocycles. The van der Waals surface area contributed by atoms with Crippen LogP contribution < -0.4 is 10.7 Å². The van der Waals surface area contributed by atoms with Crippen molar-refractivity contribution in [1.82, 2.24) is 9.88 Å². The summed E-state index contributed by atoms with van der Waals surface area (Å²) < 4.78 is 1.34. The quantitative estimate of drug-likeness (QED) is 0.698. The number of pyridine rings is 1. The van der Waals surface area contributed by atoms with Crippen molar-refractivity contribution in [2.75, 3.05) is 6.54 Å². The molecule has 0 fully saturated rings. The molecule has 7 heteroatoms. The van der Waals surface area contributed by atoms with Gasteiger partial charge in [-0.05, 0) is 6.92 Å². The average Bonchev–Trinajstić information content (AvgIpc) is 2.29. The first-order valence-corrected chi connectivity index (χ1v) is 5.03. The van der Waals surface area contributed by atoms with Crippen molar-refractivity contribution in [1.29, 1.82) is 5.26 Å². The molecule has 18 heavy (non-hydrogen) atoms. The molecule has 0 aliphatic heterocycles. The maximum Gasteiger partial charge on any atom is 0.341 e. The topological polar surface area (TPSA) is 112 Å². The van der Waals surface area contributed by atoms with E-state index in [-0.39, 0.29) is 13.1 Å². The van der Waals surface area contributed by atoms with Crippen molar-refractivity contribution in [3.8, 4) is 6.07 Å².